The molecule has 0 atom stereocenters. The van der Waals surface area contributed by atoms with Gasteiger partial charge in [0.1, 0.15) is 5.69 Å². The van der Waals surface area contributed by atoms with Crippen LogP contribution < -0.4 is 21.9 Å². The predicted molar refractivity (Wildman–Crippen MR) is 69.3 cm³/mol. The molecule has 8 nitrogen and oxygen atoms in total. The lowest BCUT2D eigenvalue weighted by Crippen LogP contribution is -2.38. The van der Waals surface area contributed by atoms with Gasteiger partial charge in [0.05, 0.1) is 25.0 Å². The van der Waals surface area contributed by atoms with Crippen molar-refractivity contribution in [2.75, 3.05) is 32.2 Å². The fourth-order valence-corrected chi connectivity index (χ4v) is 1.22. The molecule has 0 bridgehead atoms. The molecule has 0 saturated carbocycles. The number of anilines is 1. The maximum absolute atomic E-state index is 11.6. The van der Waals surface area contributed by atoms with E-state index >= 15 is 0 Å². The summed E-state index contributed by atoms with van der Waals surface area (Å²) in [5.41, 5.74) is 3.21. The molecule has 1 aromatic heterocycles. The molecule has 8 heteroatoms. The van der Waals surface area contributed by atoms with Gasteiger partial charge in [0.15, 0.2) is 0 Å². The molecule has 0 radical (unpaired) electrons. The Labute approximate surface area is 110 Å². The van der Waals surface area contributed by atoms with Gasteiger partial charge in [-0.3, -0.25) is 15.4 Å². The van der Waals surface area contributed by atoms with E-state index in [1.54, 1.807) is 13.2 Å². The lowest BCUT2D eigenvalue weighted by molar-refractivity contribution is -0.120. The summed E-state index contributed by atoms with van der Waals surface area (Å²) in [6.45, 7) is 0.718. The molecule has 0 aliphatic rings. The van der Waals surface area contributed by atoms with E-state index in [0.717, 1.165) is 0 Å². The first-order valence-corrected chi connectivity index (χ1v) is 5.64. The van der Waals surface area contributed by atoms with Crippen LogP contribution in [0.15, 0.2) is 18.3 Å². The monoisotopic (exact) mass is 267 g/mol. The summed E-state index contributed by atoms with van der Waals surface area (Å²) < 4.78 is 4.78. The average Bonchev–Trinajstić information content (AvgIpc) is 2.45. The Morgan fingerprint density at radius 2 is 2.16 bits per heavy atom. The standard InChI is InChI=1S/C11H17N5O3/c1-19-5-4-13-10(17)7-15-11(18)9-3-2-8(16-12)6-14-9/h2-3,6,16H,4-5,7,12H2,1H3,(H,13,17)(H,15,18). The Kier molecular flexibility index (Phi) is 6.27. The minimum absolute atomic E-state index is 0.110. The number of methoxy groups -OCH3 is 1. The first kappa shape index (κ1) is 14.9. The number of rotatable bonds is 7. The van der Waals surface area contributed by atoms with Crippen LogP contribution in [0.4, 0.5) is 5.69 Å². The van der Waals surface area contributed by atoms with Crippen LogP contribution >= 0.6 is 0 Å². The molecule has 1 heterocycles. The molecule has 0 fully saturated rings. The number of nitrogen functional groups attached to an aromatic ring is 1. The van der Waals surface area contributed by atoms with Crippen molar-refractivity contribution in [2.45, 2.75) is 0 Å². The van der Waals surface area contributed by atoms with E-state index in [1.807, 2.05) is 0 Å². The third-order valence-electron chi connectivity index (χ3n) is 2.20. The third-order valence-corrected chi connectivity index (χ3v) is 2.20. The van der Waals surface area contributed by atoms with Gasteiger partial charge in [-0.15, -0.1) is 0 Å². The quantitative estimate of drug-likeness (QED) is 0.282. The molecular formula is C11H17N5O3. The molecule has 104 valence electrons. The van der Waals surface area contributed by atoms with Gasteiger partial charge in [0.2, 0.25) is 5.91 Å². The molecule has 19 heavy (non-hydrogen) atoms. The highest BCUT2D eigenvalue weighted by Crippen LogP contribution is 2.03. The number of nitrogens with two attached hydrogens (primary N) is 1. The van der Waals surface area contributed by atoms with Gasteiger partial charge in [-0.25, -0.2) is 4.98 Å². The zero-order valence-corrected chi connectivity index (χ0v) is 10.6. The van der Waals surface area contributed by atoms with Gasteiger partial charge in [0.25, 0.3) is 5.91 Å². The van der Waals surface area contributed by atoms with Crippen molar-refractivity contribution in [2.24, 2.45) is 5.84 Å². The molecular weight excluding hydrogens is 250 g/mol. The van der Waals surface area contributed by atoms with E-state index in [9.17, 15) is 9.59 Å². The van der Waals surface area contributed by atoms with Crippen molar-refractivity contribution < 1.29 is 14.3 Å². The van der Waals surface area contributed by atoms with E-state index in [-0.39, 0.29) is 18.1 Å². The van der Waals surface area contributed by atoms with Crippen molar-refractivity contribution in [1.82, 2.24) is 15.6 Å². The van der Waals surface area contributed by atoms with Crippen LogP contribution in [-0.2, 0) is 9.53 Å². The van der Waals surface area contributed by atoms with Gasteiger partial charge in [-0.05, 0) is 12.1 Å². The summed E-state index contributed by atoms with van der Waals surface area (Å²) >= 11 is 0. The second kappa shape index (κ2) is 8.01. The Balaban J connectivity index is 2.35. The van der Waals surface area contributed by atoms with E-state index in [2.05, 4.69) is 21.0 Å². The van der Waals surface area contributed by atoms with Crippen LogP contribution in [0.25, 0.3) is 0 Å². The fraction of sp³-hybridized carbons (Fsp3) is 0.364. The maximum Gasteiger partial charge on any atom is 0.270 e. The number of hydrogen-bond acceptors (Lipinski definition) is 6. The van der Waals surface area contributed by atoms with E-state index in [4.69, 9.17) is 10.6 Å². The van der Waals surface area contributed by atoms with Crippen molar-refractivity contribution >= 4 is 17.5 Å². The highest BCUT2D eigenvalue weighted by atomic mass is 16.5. The summed E-state index contributed by atoms with van der Waals surface area (Å²) in [6.07, 6.45) is 1.42. The van der Waals surface area contributed by atoms with Gasteiger partial charge >= 0.3 is 0 Å². The first-order valence-electron chi connectivity index (χ1n) is 5.64. The van der Waals surface area contributed by atoms with E-state index < -0.39 is 5.91 Å². The number of carbonyl (C=O) groups is 2. The molecule has 0 unspecified atom stereocenters. The fourth-order valence-electron chi connectivity index (χ4n) is 1.22. The normalized spacial score (nSPS) is 9.79. The number of hydrogen-bond donors (Lipinski definition) is 4. The van der Waals surface area contributed by atoms with Gasteiger partial charge in [-0.2, -0.15) is 0 Å². The summed E-state index contributed by atoms with van der Waals surface area (Å²) in [5, 5.41) is 5.04. The second-order valence-electron chi connectivity index (χ2n) is 3.60. The summed E-state index contributed by atoms with van der Waals surface area (Å²) in [4.78, 5) is 26.9. The molecule has 2 amide bonds. The zero-order valence-electron chi connectivity index (χ0n) is 10.6. The van der Waals surface area contributed by atoms with Gasteiger partial charge in [-0.1, -0.05) is 0 Å². The van der Waals surface area contributed by atoms with Crippen LogP contribution in [0.3, 0.4) is 0 Å². The van der Waals surface area contributed by atoms with E-state index in [0.29, 0.717) is 18.8 Å². The highest BCUT2D eigenvalue weighted by Gasteiger charge is 2.08. The SMILES string of the molecule is COCCNC(=O)CNC(=O)c1ccc(NN)cn1. The average molecular weight is 267 g/mol. The molecule has 1 rings (SSSR count). The largest absolute Gasteiger partial charge is 0.383 e. The molecule has 0 saturated heterocycles. The molecule has 5 N–H and O–H groups in total. The molecule has 0 spiro atoms. The Hall–Kier alpha value is -2.19. The number of ether oxygens (including phenoxy) is 1. The molecule has 0 aliphatic heterocycles. The molecule has 0 aliphatic carbocycles. The van der Waals surface area contributed by atoms with Gasteiger partial charge < -0.3 is 20.8 Å². The number of nitrogens with zero attached hydrogens (tertiary/aromatic N) is 1. The van der Waals surface area contributed by atoms with E-state index in [1.165, 1.54) is 12.3 Å². The smallest absolute Gasteiger partial charge is 0.270 e. The Bertz CT molecular complexity index is 421. The number of carbonyl (C=O) groups excluding carboxylic acids is 2. The summed E-state index contributed by atoms with van der Waals surface area (Å²) in [5.74, 6) is 4.47. The van der Waals surface area contributed by atoms with Crippen LogP contribution in [0.1, 0.15) is 10.5 Å². The number of amides is 2. The number of aromatic nitrogens is 1. The number of nitrogens with one attached hydrogen (secondary N) is 3. The predicted octanol–water partition coefficient (Wildman–Crippen LogP) is -1.14. The lowest BCUT2D eigenvalue weighted by atomic mass is 10.3. The first-order chi connectivity index (χ1) is 9.17. The van der Waals surface area contributed by atoms with Crippen LogP contribution in [0.5, 0.6) is 0 Å². The highest BCUT2D eigenvalue weighted by molar-refractivity contribution is 5.94. The minimum Gasteiger partial charge on any atom is -0.383 e. The topological polar surface area (TPSA) is 118 Å². The second-order valence-corrected chi connectivity index (χ2v) is 3.60. The Morgan fingerprint density at radius 3 is 2.74 bits per heavy atom. The van der Waals surface area contributed by atoms with Crippen LogP contribution in [0.2, 0.25) is 0 Å². The Morgan fingerprint density at radius 1 is 1.37 bits per heavy atom. The van der Waals surface area contributed by atoms with Gasteiger partial charge in [0, 0.05) is 13.7 Å². The van der Waals surface area contributed by atoms with Crippen LogP contribution in [-0.4, -0.2) is 43.6 Å². The van der Waals surface area contributed by atoms with Crippen LogP contribution in [0, 0.1) is 0 Å². The van der Waals surface area contributed by atoms with Crippen molar-refractivity contribution in [3.63, 3.8) is 0 Å². The third kappa shape index (κ3) is 5.32. The molecule has 0 aromatic carbocycles. The number of pyridine rings is 1. The lowest BCUT2D eigenvalue weighted by Gasteiger charge is -2.06. The maximum atomic E-state index is 11.6. The van der Waals surface area contributed by atoms with Crippen molar-refractivity contribution in [3.8, 4) is 0 Å². The van der Waals surface area contributed by atoms with Crippen molar-refractivity contribution in [1.29, 1.82) is 0 Å². The number of hydrazine groups is 1. The zero-order chi connectivity index (χ0) is 14.1. The summed E-state index contributed by atoms with van der Waals surface area (Å²) in [6, 6.07) is 3.12. The molecule has 1 aromatic rings. The minimum atomic E-state index is -0.425. The summed E-state index contributed by atoms with van der Waals surface area (Å²) in [7, 11) is 1.54. The van der Waals surface area contributed by atoms with Crippen molar-refractivity contribution in [3.05, 3.63) is 24.0 Å².